The summed E-state index contributed by atoms with van der Waals surface area (Å²) >= 11 is 3.30. The molecule has 180 valence electrons. The van der Waals surface area contributed by atoms with Gasteiger partial charge in [-0.25, -0.2) is 23.5 Å². The summed E-state index contributed by atoms with van der Waals surface area (Å²) in [6.07, 6.45) is 0.869. The summed E-state index contributed by atoms with van der Waals surface area (Å²) in [5.74, 6) is -2.24. The molecule has 0 N–H and O–H groups in total. The minimum Gasteiger partial charge on any atom is -0.443 e. The standard InChI is InChI=1S/C24H24BrFN2O6/c1-23(2,3)33-21(30)28-12-16(15-10-13(25)11-27-20(15)28)19(29)14-8-7-9-17(18(14)26)32-22(31)34-24(4,5)6/h7-12H,1-6H3. The minimum atomic E-state index is -1.11. The number of aromatic nitrogens is 2. The van der Waals surface area contributed by atoms with Gasteiger partial charge in [0.25, 0.3) is 0 Å². The molecule has 34 heavy (non-hydrogen) atoms. The van der Waals surface area contributed by atoms with E-state index in [1.54, 1.807) is 47.6 Å². The molecule has 0 aliphatic carbocycles. The number of pyridine rings is 1. The van der Waals surface area contributed by atoms with Crippen LogP contribution in [0.3, 0.4) is 0 Å². The number of hydrogen-bond acceptors (Lipinski definition) is 7. The number of ether oxygens (including phenoxy) is 3. The Morgan fingerprint density at radius 2 is 1.65 bits per heavy atom. The Kier molecular flexibility index (Phi) is 6.84. The molecule has 0 saturated heterocycles. The highest BCUT2D eigenvalue weighted by atomic mass is 79.9. The topological polar surface area (TPSA) is 96.7 Å². The van der Waals surface area contributed by atoms with Crippen LogP contribution in [0.1, 0.15) is 57.5 Å². The lowest BCUT2D eigenvalue weighted by atomic mass is 10.0. The highest BCUT2D eigenvalue weighted by molar-refractivity contribution is 9.10. The number of halogens is 2. The Morgan fingerprint density at radius 3 is 2.26 bits per heavy atom. The molecule has 2 aromatic heterocycles. The van der Waals surface area contributed by atoms with Gasteiger partial charge in [-0.05, 0) is 75.7 Å². The molecule has 1 aromatic carbocycles. The van der Waals surface area contributed by atoms with Gasteiger partial charge in [0.05, 0.1) is 11.1 Å². The fourth-order valence-corrected chi connectivity index (χ4v) is 3.32. The lowest BCUT2D eigenvalue weighted by Crippen LogP contribution is -2.27. The first-order chi connectivity index (χ1) is 15.7. The number of benzene rings is 1. The first-order valence-electron chi connectivity index (χ1n) is 10.3. The maximum absolute atomic E-state index is 15.2. The van der Waals surface area contributed by atoms with E-state index in [-0.39, 0.29) is 16.8 Å². The highest BCUT2D eigenvalue weighted by Gasteiger charge is 2.27. The molecule has 0 amide bonds. The van der Waals surface area contributed by atoms with Crippen molar-refractivity contribution >= 4 is 45.0 Å². The third-order valence-corrected chi connectivity index (χ3v) is 4.67. The molecule has 8 nitrogen and oxygen atoms in total. The number of rotatable bonds is 3. The van der Waals surface area contributed by atoms with E-state index in [2.05, 4.69) is 20.9 Å². The molecule has 0 unspecified atom stereocenters. The average molecular weight is 535 g/mol. The lowest BCUT2D eigenvalue weighted by molar-refractivity contribution is 0.0197. The zero-order valence-electron chi connectivity index (χ0n) is 19.6. The Morgan fingerprint density at radius 1 is 1.00 bits per heavy atom. The Bertz CT molecular complexity index is 1290. The van der Waals surface area contributed by atoms with Crippen LogP contribution in [-0.2, 0) is 9.47 Å². The second-order valence-electron chi connectivity index (χ2n) is 9.43. The smallest absolute Gasteiger partial charge is 0.443 e. The molecule has 3 aromatic rings. The van der Waals surface area contributed by atoms with E-state index < -0.39 is 40.8 Å². The maximum atomic E-state index is 15.2. The fourth-order valence-electron chi connectivity index (χ4n) is 2.98. The first kappa shape index (κ1) is 25.4. The van der Waals surface area contributed by atoms with Crippen LogP contribution in [0.25, 0.3) is 11.0 Å². The van der Waals surface area contributed by atoms with Crippen LogP contribution in [0.2, 0.25) is 0 Å². The van der Waals surface area contributed by atoms with Gasteiger partial charge in [0.2, 0.25) is 0 Å². The van der Waals surface area contributed by atoms with Gasteiger partial charge in [0, 0.05) is 22.3 Å². The van der Waals surface area contributed by atoms with Crippen molar-refractivity contribution in [3.05, 3.63) is 58.1 Å². The van der Waals surface area contributed by atoms with Crippen molar-refractivity contribution in [2.24, 2.45) is 0 Å². The SMILES string of the molecule is CC(C)(C)OC(=O)Oc1cccc(C(=O)c2cn(C(=O)OC(C)(C)C)c3ncc(Br)cc23)c1F. The monoisotopic (exact) mass is 534 g/mol. The molecule has 0 aliphatic heterocycles. The van der Waals surface area contributed by atoms with Crippen molar-refractivity contribution in [3.8, 4) is 5.75 Å². The Balaban J connectivity index is 2.04. The van der Waals surface area contributed by atoms with Gasteiger partial charge in [-0.15, -0.1) is 0 Å². The fraction of sp³-hybridized carbons (Fsp3) is 0.333. The quantitative estimate of drug-likeness (QED) is 0.222. The van der Waals surface area contributed by atoms with E-state index >= 15 is 4.39 Å². The summed E-state index contributed by atoms with van der Waals surface area (Å²) in [6, 6.07) is 5.42. The van der Waals surface area contributed by atoms with Gasteiger partial charge in [0.1, 0.15) is 16.8 Å². The summed E-state index contributed by atoms with van der Waals surface area (Å²) < 4.78 is 32.3. The molecule has 0 aliphatic rings. The van der Waals surface area contributed by atoms with Crippen LogP contribution in [0.15, 0.2) is 41.1 Å². The molecule has 10 heteroatoms. The van der Waals surface area contributed by atoms with Gasteiger partial charge >= 0.3 is 12.2 Å². The maximum Gasteiger partial charge on any atom is 0.514 e. The highest BCUT2D eigenvalue weighted by Crippen LogP contribution is 2.29. The van der Waals surface area contributed by atoms with Crippen molar-refractivity contribution in [1.29, 1.82) is 0 Å². The van der Waals surface area contributed by atoms with Gasteiger partial charge in [-0.2, -0.15) is 0 Å². The molecule has 3 rings (SSSR count). The predicted octanol–water partition coefficient (Wildman–Crippen LogP) is 6.27. The summed E-state index contributed by atoms with van der Waals surface area (Å²) in [7, 11) is 0. The largest absolute Gasteiger partial charge is 0.514 e. The van der Waals surface area contributed by atoms with Crippen molar-refractivity contribution in [1.82, 2.24) is 9.55 Å². The second-order valence-corrected chi connectivity index (χ2v) is 10.3. The van der Waals surface area contributed by atoms with E-state index in [0.717, 1.165) is 4.57 Å². The van der Waals surface area contributed by atoms with E-state index in [1.807, 2.05) is 0 Å². The van der Waals surface area contributed by atoms with Crippen LogP contribution in [-0.4, -0.2) is 38.8 Å². The van der Waals surface area contributed by atoms with Crippen molar-refractivity contribution in [2.45, 2.75) is 52.7 Å². The number of nitrogens with zero attached hydrogens (tertiary/aromatic N) is 2. The normalized spacial score (nSPS) is 11.9. The predicted molar refractivity (Wildman–Crippen MR) is 126 cm³/mol. The zero-order chi connectivity index (χ0) is 25.4. The lowest BCUT2D eigenvalue weighted by Gasteiger charge is -2.19. The van der Waals surface area contributed by atoms with Crippen LogP contribution in [0.5, 0.6) is 5.75 Å². The van der Waals surface area contributed by atoms with Crippen LogP contribution in [0.4, 0.5) is 14.0 Å². The molecule has 0 spiro atoms. The third-order valence-electron chi connectivity index (χ3n) is 4.24. The summed E-state index contributed by atoms with van der Waals surface area (Å²) in [6.45, 7) is 10.0. The molecular formula is C24H24BrFN2O6. The average Bonchev–Trinajstić information content (AvgIpc) is 3.05. The summed E-state index contributed by atoms with van der Waals surface area (Å²) in [4.78, 5) is 42.3. The zero-order valence-corrected chi connectivity index (χ0v) is 21.1. The van der Waals surface area contributed by atoms with Gasteiger partial charge in [0.15, 0.2) is 17.3 Å². The molecule has 0 bridgehead atoms. The summed E-state index contributed by atoms with van der Waals surface area (Å²) in [5.41, 5.74) is -1.80. The van der Waals surface area contributed by atoms with E-state index in [9.17, 15) is 14.4 Å². The minimum absolute atomic E-state index is 0.0166. The third kappa shape index (κ3) is 5.80. The second kappa shape index (κ2) is 9.17. The molecule has 0 fully saturated rings. The molecule has 0 radical (unpaired) electrons. The number of carbonyl (C=O) groups excluding carboxylic acids is 3. The number of carbonyl (C=O) groups is 3. The molecule has 0 saturated carbocycles. The van der Waals surface area contributed by atoms with E-state index in [4.69, 9.17) is 14.2 Å². The summed E-state index contributed by atoms with van der Waals surface area (Å²) in [5, 5.41) is 0.308. The van der Waals surface area contributed by atoms with Gasteiger partial charge in [-0.1, -0.05) is 6.07 Å². The van der Waals surface area contributed by atoms with E-state index in [1.165, 1.54) is 30.6 Å². The Labute approximate surface area is 204 Å². The number of fused-ring (bicyclic) bond motifs is 1. The van der Waals surface area contributed by atoms with Crippen molar-refractivity contribution < 1.29 is 33.0 Å². The van der Waals surface area contributed by atoms with Crippen LogP contribution in [0, 0.1) is 5.82 Å². The van der Waals surface area contributed by atoms with Gasteiger partial charge in [-0.3, -0.25) is 4.79 Å². The number of hydrogen-bond donors (Lipinski definition) is 0. The van der Waals surface area contributed by atoms with Crippen molar-refractivity contribution in [3.63, 3.8) is 0 Å². The molecular weight excluding hydrogens is 511 g/mol. The molecule has 2 heterocycles. The number of ketones is 1. The first-order valence-corrected chi connectivity index (χ1v) is 11.1. The van der Waals surface area contributed by atoms with Crippen LogP contribution >= 0.6 is 15.9 Å². The van der Waals surface area contributed by atoms with Crippen LogP contribution < -0.4 is 4.74 Å². The Hall–Kier alpha value is -3.27. The van der Waals surface area contributed by atoms with Crippen molar-refractivity contribution in [2.75, 3.05) is 0 Å². The molecule has 0 atom stereocenters. The van der Waals surface area contributed by atoms with Gasteiger partial charge < -0.3 is 14.2 Å². The van der Waals surface area contributed by atoms with E-state index in [0.29, 0.717) is 9.86 Å².